The van der Waals surface area contributed by atoms with Gasteiger partial charge >= 0.3 is 0 Å². The SMILES string of the molecule is CCCC(O)(CCC)CNC(=O)C(C)C. The molecule has 0 saturated carbocycles. The van der Waals surface area contributed by atoms with Crippen LogP contribution < -0.4 is 5.32 Å². The number of carbonyl (C=O) groups excluding carboxylic acids is 1. The Labute approximate surface area is 93.3 Å². The van der Waals surface area contributed by atoms with E-state index in [9.17, 15) is 9.90 Å². The summed E-state index contributed by atoms with van der Waals surface area (Å²) in [5.74, 6) is -0.00173. The van der Waals surface area contributed by atoms with Crippen LogP contribution in [0.3, 0.4) is 0 Å². The summed E-state index contributed by atoms with van der Waals surface area (Å²) in [6.45, 7) is 8.18. The molecule has 0 bridgehead atoms. The van der Waals surface area contributed by atoms with Gasteiger partial charge in [0.25, 0.3) is 0 Å². The molecule has 1 amide bonds. The highest BCUT2D eigenvalue weighted by atomic mass is 16.3. The molecule has 15 heavy (non-hydrogen) atoms. The quantitative estimate of drug-likeness (QED) is 0.683. The van der Waals surface area contributed by atoms with Crippen molar-refractivity contribution >= 4 is 5.91 Å². The second-order valence-electron chi connectivity index (χ2n) is 4.60. The molecule has 0 aromatic carbocycles. The van der Waals surface area contributed by atoms with Gasteiger partial charge < -0.3 is 10.4 Å². The van der Waals surface area contributed by atoms with Gasteiger partial charge in [-0.3, -0.25) is 4.79 Å². The number of hydrogen-bond donors (Lipinski definition) is 2. The van der Waals surface area contributed by atoms with Gasteiger partial charge in [0.1, 0.15) is 0 Å². The molecule has 0 radical (unpaired) electrons. The molecular formula is C12H25NO2. The Morgan fingerprint density at radius 2 is 1.73 bits per heavy atom. The minimum atomic E-state index is -0.714. The van der Waals surface area contributed by atoms with Gasteiger partial charge in [0, 0.05) is 12.5 Å². The van der Waals surface area contributed by atoms with Gasteiger partial charge in [-0.25, -0.2) is 0 Å². The fourth-order valence-electron chi connectivity index (χ4n) is 1.69. The molecule has 0 spiro atoms. The monoisotopic (exact) mass is 215 g/mol. The minimum Gasteiger partial charge on any atom is -0.388 e. The van der Waals surface area contributed by atoms with Crippen molar-refractivity contribution in [2.24, 2.45) is 5.92 Å². The second kappa shape index (κ2) is 6.83. The molecule has 0 heterocycles. The average Bonchev–Trinajstić information content (AvgIpc) is 2.15. The normalized spacial score (nSPS) is 11.9. The zero-order valence-electron chi connectivity index (χ0n) is 10.5. The third-order valence-electron chi connectivity index (χ3n) is 2.55. The summed E-state index contributed by atoms with van der Waals surface area (Å²) in [4.78, 5) is 11.4. The first kappa shape index (κ1) is 14.4. The average molecular weight is 215 g/mol. The van der Waals surface area contributed by atoms with Crippen LogP contribution in [-0.4, -0.2) is 23.2 Å². The van der Waals surface area contributed by atoms with Gasteiger partial charge in [-0.05, 0) is 12.8 Å². The predicted octanol–water partition coefficient (Wildman–Crippen LogP) is 2.09. The Balaban J connectivity index is 4.11. The van der Waals surface area contributed by atoms with Crippen molar-refractivity contribution in [2.45, 2.75) is 59.0 Å². The van der Waals surface area contributed by atoms with E-state index in [0.29, 0.717) is 6.54 Å². The molecule has 0 fully saturated rings. The first-order chi connectivity index (χ1) is 6.95. The van der Waals surface area contributed by atoms with Crippen LogP contribution in [0.2, 0.25) is 0 Å². The van der Waals surface area contributed by atoms with E-state index in [2.05, 4.69) is 5.32 Å². The third kappa shape index (κ3) is 5.78. The fraction of sp³-hybridized carbons (Fsp3) is 0.917. The highest BCUT2D eigenvalue weighted by Gasteiger charge is 2.25. The van der Waals surface area contributed by atoms with Crippen molar-refractivity contribution in [2.75, 3.05) is 6.54 Å². The lowest BCUT2D eigenvalue weighted by Gasteiger charge is -2.28. The van der Waals surface area contributed by atoms with E-state index < -0.39 is 5.60 Å². The molecule has 0 saturated heterocycles. The Morgan fingerprint density at radius 3 is 2.07 bits per heavy atom. The molecule has 0 unspecified atom stereocenters. The van der Waals surface area contributed by atoms with Crippen molar-refractivity contribution in [3.05, 3.63) is 0 Å². The Hall–Kier alpha value is -0.570. The number of amides is 1. The van der Waals surface area contributed by atoms with Crippen molar-refractivity contribution in [3.63, 3.8) is 0 Å². The first-order valence-corrected chi connectivity index (χ1v) is 5.95. The Morgan fingerprint density at radius 1 is 1.27 bits per heavy atom. The van der Waals surface area contributed by atoms with Crippen molar-refractivity contribution in [3.8, 4) is 0 Å². The largest absolute Gasteiger partial charge is 0.388 e. The molecule has 2 N–H and O–H groups in total. The summed E-state index contributed by atoms with van der Waals surface area (Å²) in [7, 11) is 0. The highest BCUT2D eigenvalue weighted by molar-refractivity contribution is 5.77. The molecular weight excluding hydrogens is 190 g/mol. The second-order valence-corrected chi connectivity index (χ2v) is 4.60. The van der Waals surface area contributed by atoms with Crippen LogP contribution in [0, 0.1) is 5.92 Å². The van der Waals surface area contributed by atoms with E-state index >= 15 is 0 Å². The number of hydrogen-bond acceptors (Lipinski definition) is 2. The Kier molecular flexibility index (Phi) is 6.57. The van der Waals surface area contributed by atoms with Crippen LogP contribution in [-0.2, 0) is 4.79 Å². The summed E-state index contributed by atoms with van der Waals surface area (Å²) in [5, 5.41) is 13.0. The van der Waals surface area contributed by atoms with E-state index in [1.807, 2.05) is 27.7 Å². The van der Waals surface area contributed by atoms with Crippen LogP contribution in [0.1, 0.15) is 53.4 Å². The summed E-state index contributed by atoms with van der Waals surface area (Å²) in [5.41, 5.74) is -0.714. The van der Waals surface area contributed by atoms with Crippen LogP contribution in [0.25, 0.3) is 0 Å². The van der Waals surface area contributed by atoms with E-state index in [1.54, 1.807) is 0 Å². The van der Waals surface area contributed by atoms with Crippen LogP contribution in [0.15, 0.2) is 0 Å². The van der Waals surface area contributed by atoms with Gasteiger partial charge in [-0.15, -0.1) is 0 Å². The molecule has 3 nitrogen and oxygen atoms in total. The van der Waals surface area contributed by atoms with Gasteiger partial charge in [0.2, 0.25) is 5.91 Å². The molecule has 0 rings (SSSR count). The summed E-state index contributed by atoms with van der Waals surface area (Å²) in [6, 6.07) is 0. The van der Waals surface area contributed by atoms with Gasteiger partial charge in [-0.2, -0.15) is 0 Å². The number of rotatable bonds is 7. The zero-order chi connectivity index (χ0) is 11.9. The van der Waals surface area contributed by atoms with Gasteiger partial charge in [-0.1, -0.05) is 40.5 Å². The molecule has 0 aliphatic rings. The van der Waals surface area contributed by atoms with E-state index in [-0.39, 0.29) is 11.8 Å². The highest BCUT2D eigenvalue weighted by Crippen LogP contribution is 2.18. The molecule has 0 aromatic heterocycles. The van der Waals surface area contributed by atoms with Gasteiger partial charge in [0.15, 0.2) is 0 Å². The van der Waals surface area contributed by atoms with E-state index in [1.165, 1.54) is 0 Å². The molecule has 0 aliphatic carbocycles. The Bertz CT molecular complexity index is 184. The number of carbonyl (C=O) groups is 1. The smallest absolute Gasteiger partial charge is 0.222 e. The minimum absolute atomic E-state index is 0.0145. The van der Waals surface area contributed by atoms with Crippen LogP contribution in [0.4, 0.5) is 0 Å². The number of nitrogens with one attached hydrogen (secondary N) is 1. The zero-order valence-corrected chi connectivity index (χ0v) is 10.5. The lowest BCUT2D eigenvalue weighted by atomic mass is 9.92. The molecule has 0 aliphatic heterocycles. The lowest BCUT2D eigenvalue weighted by Crippen LogP contribution is -2.44. The lowest BCUT2D eigenvalue weighted by molar-refractivity contribution is -0.125. The van der Waals surface area contributed by atoms with Crippen LogP contribution in [0.5, 0.6) is 0 Å². The maximum Gasteiger partial charge on any atom is 0.222 e. The molecule has 90 valence electrons. The fourth-order valence-corrected chi connectivity index (χ4v) is 1.69. The maximum absolute atomic E-state index is 11.4. The number of aliphatic hydroxyl groups is 1. The van der Waals surface area contributed by atoms with Crippen molar-refractivity contribution in [1.29, 1.82) is 0 Å². The summed E-state index contributed by atoms with van der Waals surface area (Å²) in [6.07, 6.45) is 3.38. The standard InChI is InChI=1S/C12H25NO2/c1-5-7-12(15,8-6-2)9-13-11(14)10(3)4/h10,15H,5-9H2,1-4H3,(H,13,14). The molecule has 0 aromatic rings. The molecule has 3 heteroatoms. The first-order valence-electron chi connectivity index (χ1n) is 5.95. The van der Waals surface area contributed by atoms with E-state index in [0.717, 1.165) is 25.7 Å². The summed E-state index contributed by atoms with van der Waals surface area (Å²) < 4.78 is 0. The topological polar surface area (TPSA) is 49.3 Å². The third-order valence-corrected chi connectivity index (χ3v) is 2.55. The predicted molar refractivity (Wildman–Crippen MR) is 62.6 cm³/mol. The maximum atomic E-state index is 11.4. The van der Waals surface area contributed by atoms with Crippen LogP contribution >= 0.6 is 0 Å². The van der Waals surface area contributed by atoms with Gasteiger partial charge in [0.05, 0.1) is 5.60 Å². The van der Waals surface area contributed by atoms with Crippen molar-refractivity contribution in [1.82, 2.24) is 5.32 Å². The van der Waals surface area contributed by atoms with E-state index in [4.69, 9.17) is 0 Å². The summed E-state index contributed by atoms with van der Waals surface area (Å²) >= 11 is 0. The van der Waals surface area contributed by atoms with Crippen molar-refractivity contribution < 1.29 is 9.90 Å². The molecule has 0 atom stereocenters.